The second-order valence-corrected chi connectivity index (χ2v) is 5.48. The molecule has 0 spiro atoms. The normalized spacial score (nSPS) is 11.5. The maximum Gasteiger partial charge on any atom is 0.188 e. The SMILES string of the molecule is CCCc1ccc(OCOC)c(/C(=C/Br)c2ccccc2)c1. The molecular weight excluding hydrogens is 340 g/mol. The maximum absolute atomic E-state index is 5.74. The third-order valence-electron chi connectivity index (χ3n) is 3.40. The molecule has 0 aliphatic heterocycles. The van der Waals surface area contributed by atoms with Crippen LogP contribution in [0.2, 0.25) is 0 Å². The van der Waals surface area contributed by atoms with Crippen LogP contribution in [0.3, 0.4) is 0 Å². The molecule has 0 heterocycles. The highest BCUT2D eigenvalue weighted by Gasteiger charge is 2.12. The Labute approximate surface area is 140 Å². The van der Waals surface area contributed by atoms with Gasteiger partial charge in [0.05, 0.1) is 0 Å². The number of benzene rings is 2. The molecule has 0 aliphatic rings. The molecule has 2 nitrogen and oxygen atoms in total. The molecule has 0 amide bonds. The summed E-state index contributed by atoms with van der Waals surface area (Å²) in [5, 5.41) is 0. The van der Waals surface area contributed by atoms with Gasteiger partial charge in [-0.3, -0.25) is 0 Å². The lowest BCUT2D eigenvalue weighted by atomic mass is 9.96. The number of ether oxygens (including phenoxy) is 2. The van der Waals surface area contributed by atoms with Crippen LogP contribution in [0.25, 0.3) is 5.57 Å². The maximum atomic E-state index is 5.74. The highest BCUT2D eigenvalue weighted by molar-refractivity contribution is 9.11. The molecule has 0 saturated carbocycles. The molecule has 22 heavy (non-hydrogen) atoms. The van der Waals surface area contributed by atoms with E-state index < -0.39 is 0 Å². The zero-order chi connectivity index (χ0) is 15.8. The molecule has 0 unspecified atom stereocenters. The van der Waals surface area contributed by atoms with Crippen LogP contribution in [0.1, 0.15) is 30.0 Å². The van der Waals surface area contributed by atoms with Gasteiger partial charge in [-0.15, -0.1) is 0 Å². The zero-order valence-electron chi connectivity index (χ0n) is 13.0. The minimum absolute atomic E-state index is 0.241. The first kappa shape index (κ1) is 16.8. The summed E-state index contributed by atoms with van der Waals surface area (Å²) in [7, 11) is 1.63. The van der Waals surface area contributed by atoms with Crippen molar-refractivity contribution in [3.8, 4) is 5.75 Å². The smallest absolute Gasteiger partial charge is 0.188 e. The molecule has 3 heteroatoms. The second kappa shape index (κ2) is 8.76. The van der Waals surface area contributed by atoms with Crippen molar-refractivity contribution in [1.29, 1.82) is 0 Å². The first-order chi connectivity index (χ1) is 10.8. The van der Waals surface area contributed by atoms with Crippen LogP contribution in [-0.2, 0) is 11.2 Å². The monoisotopic (exact) mass is 360 g/mol. The van der Waals surface area contributed by atoms with Crippen molar-refractivity contribution in [2.24, 2.45) is 0 Å². The van der Waals surface area contributed by atoms with Crippen molar-refractivity contribution < 1.29 is 9.47 Å². The summed E-state index contributed by atoms with van der Waals surface area (Å²) in [4.78, 5) is 1.95. The number of rotatable bonds is 7. The Balaban J connectivity index is 2.46. The third kappa shape index (κ3) is 4.21. The van der Waals surface area contributed by atoms with E-state index in [1.54, 1.807) is 7.11 Å². The largest absolute Gasteiger partial charge is 0.467 e. The van der Waals surface area contributed by atoms with Gasteiger partial charge in [-0.25, -0.2) is 0 Å². The summed E-state index contributed by atoms with van der Waals surface area (Å²) < 4.78 is 10.8. The standard InChI is InChI=1S/C19H21BrO2/c1-3-7-15-10-11-19(22-14-21-2)17(12-15)18(13-20)16-8-5-4-6-9-16/h4-6,8-13H,3,7,14H2,1-2H3/b18-13+. The molecule has 0 bridgehead atoms. The first-order valence-electron chi connectivity index (χ1n) is 7.41. The highest BCUT2D eigenvalue weighted by atomic mass is 79.9. The van der Waals surface area contributed by atoms with Gasteiger partial charge in [-0.1, -0.05) is 65.7 Å². The molecule has 0 atom stereocenters. The van der Waals surface area contributed by atoms with Gasteiger partial charge in [0, 0.05) is 12.7 Å². The Bertz CT molecular complexity index is 621. The van der Waals surface area contributed by atoms with E-state index in [2.05, 4.69) is 47.1 Å². The van der Waals surface area contributed by atoms with E-state index in [0.717, 1.165) is 35.3 Å². The topological polar surface area (TPSA) is 18.5 Å². The molecule has 0 fully saturated rings. The van der Waals surface area contributed by atoms with Crippen molar-refractivity contribution in [2.75, 3.05) is 13.9 Å². The molecule has 2 aromatic rings. The van der Waals surface area contributed by atoms with Gasteiger partial charge in [0.25, 0.3) is 0 Å². The van der Waals surface area contributed by atoms with E-state index in [4.69, 9.17) is 9.47 Å². The number of hydrogen-bond donors (Lipinski definition) is 0. The van der Waals surface area contributed by atoms with Gasteiger partial charge < -0.3 is 9.47 Å². The van der Waals surface area contributed by atoms with Crippen molar-refractivity contribution in [2.45, 2.75) is 19.8 Å². The third-order valence-corrected chi connectivity index (χ3v) is 3.86. The predicted octanol–water partition coefficient (Wildman–Crippen LogP) is 5.41. The van der Waals surface area contributed by atoms with Gasteiger partial charge in [0.15, 0.2) is 6.79 Å². The van der Waals surface area contributed by atoms with Gasteiger partial charge in [-0.2, -0.15) is 0 Å². The Morgan fingerprint density at radius 1 is 1.14 bits per heavy atom. The lowest BCUT2D eigenvalue weighted by molar-refractivity contribution is 0.0509. The van der Waals surface area contributed by atoms with Crippen molar-refractivity contribution in [1.82, 2.24) is 0 Å². The van der Waals surface area contributed by atoms with Crippen LogP contribution >= 0.6 is 15.9 Å². The molecule has 0 aliphatic carbocycles. The summed E-state index contributed by atoms with van der Waals surface area (Å²) in [6, 6.07) is 16.6. The average molecular weight is 361 g/mol. The van der Waals surface area contributed by atoms with Crippen LogP contribution in [0.15, 0.2) is 53.5 Å². The van der Waals surface area contributed by atoms with Gasteiger partial charge in [0.2, 0.25) is 0 Å². The van der Waals surface area contributed by atoms with Crippen LogP contribution in [0.5, 0.6) is 5.75 Å². The number of halogens is 1. The van der Waals surface area contributed by atoms with Crippen LogP contribution in [0, 0.1) is 0 Å². The fourth-order valence-electron chi connectivity index (χ4n) is 2.38. The van der Waals surface area contributed by atoms with E-state index in [1.165, 1.54) is 5.56 Å². The Morgan fingerprint density at radius 2 is 1.91 bits per heavy atom. The molecule has 116 valence electrons. The fourth-order valence-corrected chi connectivity index (χ4v) is 2.89. The first-order valence-corrected chi connectivity index (χ1v) is 8.32. The molecule has 2 aromatic carbocycles. The molecule has 0 radical (unpaired) electrons. The van der Waals surface area contributed by atoms with Crippen molar-refractivity contribution in [3.63, 3.8) is 0 Å². The summed E-state index contributed by atoms with van der Waals surface area (Å²) in [6.07, 6.45) is 2.18. The van der Waals surface area contributed by atoms with Gasteiger partial charge in [0.1, 0.15) is 5.75 Å². The Kier molecular flexibility index (Phi) is 6.69. The van der Waals surface area contributed by atoms with Gasteiger partial charge in [-0.05, 0) is 40.2 Å². The van der Waals surface area contributed by atoms with Crippen molar-refractivity contribution in [3.05, 3.63) is 70.2 Å². The second-order valence-electron chi connectivity index (χ2n) is 5.02. The molecule has 0 aromatic heterocycles. The van der Waals surface area contributed by atoms with Crippen LogP contribution in [-0.4, -0.2) is 13.9 Å². The average Bonchev–Trinajstić information content (AvgIpc) is 2.56. The van der Waals surface area contributed by atoms with E-state index in [9.17, 15) is 0 Å². The van der Waals surface area contributed by atoms with E-state index >= 15 is 0 Å². The fraction of sp³-hybridized carbons (Fsp3) is 0.263. The molecule has 0 saturated heterocycles. The zero-order valence-corrected chi connectivity index (χ0v) is 14.6. The minimum atomic E-state index is 0.241. The number of hydrogen-bond acceptors (Lipinski definition) is 2. The van der Waals surface area contributed by atoms with E-state index in [-0.39, 0.29) is 6.79 Å². The summed E-state index contributed by atoms with van der Waals surface area (Å²) in [5.74, 6) is 0.830. The summed E-state index contributed by atoms with van der Waals surface area (Å²) in [5.41, 5.74) is 4.64. The molecule has 0 N–H and O–H groups in total. The Morgan fingerprint density at radius 3 is 2.55 bits per heavy atom. The van der Waals surface area contributed by atoms with Gasteiger partial charge >= 0.3 is 0 Å². The summed E-state index contributed by atoms with van der Waals surface area (Å²) >= 11 is 3.51. The molecular formula is C19H21BrO2. The minimum Gasteiger partial charge on any atom is -0.467 e. The lowest BCUT2D eigenvalue weighted by Crippen LogP contribution is -2.02. The number of methoxy groups -OCH3 is 1. The number of aryl methyl sites for hydroxylation is 1. The Hall–Kier alpha value is -1.58. The lowest BCUT2D eigenvalue weighted by Gasteiger charge is -2.15. The van der Waals surface area contributed by atoms with Crippen molar-refractivity contribution >= 4 is 21.5 Å². The van der Waals surface area contributed by atoms with E-state index in [0.29, 0.717) is 0 Å². The predicted molar refractivity (Wildman–Crippen MR) is 95.4 cm³/mol. The molecule has 2 rings (SSSR count). The highest BCUT2D eigenvalue weighted by Crippen LogP contribution is 2.33. The van der Waals surface area contributed by atoms with Crippen LogP contribution < -0.4 is 4.74 Å². The van der Waals surface area contributed by atoms with E-state index in [1.807, 2.05) is 29.3 Å². The summed E-state index contributed by atoms with van der Waals surface area (Å²) in [6.45, 7) is 2.43. The van der Waals surface area contributed by atoms with Crippen LogP contribution in [0.4, 0.5) is 0 Å². The quantitative estimate of drug-likeness (QED) is 0.614.